The van der Waals surface area contributed by atoms with Gasteiger partial charge in [0.1, 0.15) is 11.5 Å². The molecule has 7 heteroatoms. The van der Waals surface area contributed by atoms with Crippen LogP contribution in [0.2, 0.25) is 10.0 Å². The highest BCUT2D eigenvalue weighted by Crippen LogP contribution is 2.40. The van der Waals surface area contributed by atoms with Crippen molar-refractivity contribution in [2.45, 2.75) is 19.8 Å². The van der Waals surface area contributed by atoms with Gasteiger partial charge in [-0.2, -0.15) is 0 Å². The summed E-state index contributed by atoms with van der Waals surface area (Å²) in [5, 5.41) is 11.3. The fraction of sp³-hybridized carbons (Fsp3) is 0.235. The van der Waals surface area contributed by atoms with Gasteiger partial charge in [0.2, 0.25) is 0 Å². The summed E-state index contributed by atoms with van der Waals surface area (Å²) < 4.78 is 11.1. The largest absolute Gasteiger partial charge is 0.496 e. The molecule has 0 spiro atoms. The van der Waals surface area contributed by atoms with E-state index >= 15 is 0 Å². The van der Waals surface area contributed by atoms with Crippen LogP contribution in [0.15, 0.2) is 30.3 Å². The third kappa shape index (κ3) is 4.24. The fourth-order valence-corrected chi connectivity index (χ4v) is 2.76. The Morgan fingerprint density at radius 3 is 2.29 bits per heavy atom. The third-order valence-corrected chi connectivity index (χ3v) is 3.85. The Balaban J connectivity index is 2.34. The average molecular weight is 370 g/mol. The van der Waals surface area contributed by atoms with Crippen molar-refractivity contribution in [3.8, 4) is 17.2 Å². The van der Waals surface area contributed by atoms with Gasteiger partial charge in [-0.15, -0.1) is 0 Å². The zero-order valence-electron chi connectivity index (χ0n) is 13.4. The molecule has 2 aromatic rings. The lowest BCUT2D eigenvalue weighted by Crippen LogP contribution is -2.07. The van der Waals surface area contributed by atoms with Gasteiger partial charge < -0.3 is 14.6 Å². The van der Waals surface area contributed by atoms with Crippen LogP contribution >= 0.6 is 23.2 Å². The molecule has 0 bridgehead atoms. The molecule has 0 radical (unpaired) electrons. The number of nitrogens with one attached hydrogen (secondary N) is 1. The number of ether oxygens (including phenoxy) is 2. The molecule has 0 heterocycles. The molecule has 24 heavy (non-hydrogen) atoms. The number of methoxy groups -OCH3 is 1. The summed E-state index contributed by atoms with van der Waals surface area (Å²) in [7, 11) is 1.61. The minimum Gasteiger partial charge on any atom is -0.496 e. The molecule has 0 fully saturated rings. The highest BCUT2D eigenvalue weighted by molar-refractivity contribution is 6.37. The molecule has 5 nitrogen and oxygen atoms in total. The van der Waals surface area contributed by atoms with E-state index in [1.54, 1.807) is 13.2 Å². The molecule has 128 valence electrons. The van der Waals surface area contributed by atoms with Crippen LogP contribution in [0.3, 0.4) is 0 Å². The first kappa shape index (κ1) is 18.2. The fourth-order valence-electron chi connectivity index (χ4n) is 2.20. The maximum atomic E-state index is 10.7. The molecule has 0 aliphatic carbocycles. The van der Waals surface area contributed by atoms with E-state index in [0.717, 1.165) is 11.3 Å². The van der Waals surface area contributed by atoms with E-state index in [-0.39, 0.29) is 27.4 Å². The third-order valence-electron chi connectivity index (χ3n) is 3.29. The van der Waals surface area contributed by atoms with Gasteiger partial charge in [0.05, 0.1) is 17.2 Å². The first-order valence-electron chi connectivity index (χ1n) is 7.16. The Morgan fingerprint density at radius 2 is 1.79 bits per heavy atom. The lowest BCUT2D eigenvalue weighted by molar-refractivity contribution is 0.209. The highest BCUT2D eigenvalue weighted by atomic mass is 35.5. The monoisotopic (exact) mass is 369 g/mol. The molecule has 0 aliphatic rings. The van der Waals surface area contributed by atoms with Crippen molar-refractivity contribution >= 4 is 35.0 Å². The van der Waals surface area contributed by atoms with Gasteiger partial charge in [-0.25, -0.2) is 4.79 Å². The van der Waals surface area contributed by atoms with Crippen molar-refractivity contribution in [1.82, 2.24) is 0 Å². The topological polar surface area (TPSA) is 67.8 Å². The molecule has 0 unspecified atom stereocenters. The van der Waals surface area contributed by atoms with Crippen molar-refractivity contribution < 1.29 is 19.4 Å². The smallest absolute Gasteiger partial charge is 0.409 e. The molecule has 0 aromatic heterocycles. The standard InChI is InChI=1S/C17H17Cl2NO4/c1-9(2)12-8-11(4-5-15(12)23-3)24-16-13(18)6-10(7-14(16)19)20-17(21)22/h4-9,20H,1-3H3,(H,21,22). The zero-order chi connectivity index (χ0) is 17.9. The molecule has 0 saturated carbocycles. The number of anilines is 1. The Kier molecular flexibility index (Phi) is 5.80. The normalized spacial score (nSPS) is 10.6. The van der Waals surface area contributed by atoms with Gasteiger partial charge in [0.15, 0.2) is 5.75 Å². The lowest BCUT2D eigenvalue weighted by Gasteiger charge is -2.15. The summed E-state index contributed by atoms with van der Waals surface area (Å²) >= 11 is 12.3. The lowest BCUT2D eigenvalue weighted by atomic mass is 10.0. The van der Waals surface area contributed by atoms with Gasteiger partial charge in [0, 0.05) is 11.3 Å². The Morgan fingerprint density at radius 1 is 1.17 bits per heavy atom. The van der Waals surface area contributed by atoms with E-state index in [4.69, 9.17) is 37.8 Å². The molecular weight excluding hydrogens is 353 g/mol. The first-order chi connectivity index (χ1) is 11.3. The number of hydrogen-bond donors (Lipinski definition) is 2. The van der Waals surface area contributed by atoms with Crippen molar-refractivity contribution in [3.63, 3.8) is 0 Å². The van der Waals surface area contributed by atoms with Crippen LogP contribution in [0.25, 0.3) is 0 Å². The number of carbonyl (C=O) groups is 1. The molecule has 2 aromatic carbocycles. The zero-order valence-corrected chi connectivity index (χ0v) is 14.9. The van der Waals surface area contributed by atoms with Crippen LogP contribution in [0, 0.1) is 0 Å². The summed E-state index contributed by atoms with van der Waals surface area (Å²) in [4.78, 5) is 10.7. The van der Waals surface area contributed by atoms with Gasteiger partial charge in [-0.05, 0) is 36.2 Å². The second kappa shape index (κ2) is 7.64. The number of rotatable bonds is 5. The van der Waals surface area contributed by atoms with Crippen molar-refractivity contribution in [3.05, 3.63) is 45.9 Å². The summed E-state index contributed by atoms with van der Waals surface area (Å²) in [6, 6.07) is 8.29. The SMILES string of the molecule is COc1ccc(Oc2c(Cl)cc(NC(=O)O)cc2Cl)cc1C(C)C. The van der Waals surface area contributed by atoms with Crippen molar-refractivity contribution in [2.75, 3.05) is 12.4 Å². The van der Waals surface area contributed by atoms with Crippen LogP contribution in [-0.4, -0.2) is 18.3 Å². The van der Waals surface area contributed by atoms with Gasteiger partial charge in [0.25, 0.3) is 0 Å². The number of hydrogen-bond acceptors (Lipinski definition) is 3. The molecule has 2 N–H and O–H groups in total. The molecule has 0 atom stereocenters. The minimum absolute atomic E-state index is 0.202. The summed E-state index contributed by atoms with van der Waals surface area (Å²) in [5.74, 6) is 1.84. The summed E-state index contributed by atoms with van der Waals surface area (Å²) in [6.07, 6.45) is -1.20. The molecular formula is C17H17Cl2NO4. The predicted molar refractivity (Wildman–Crippen MR) is 95.3 cm³/mol. The first-order valence-corrected chi connectivity index (χ1v) is 7.92. The maximum absolute atomic E-state index is 10.7. The summed E-state index contributed by atoms with van der Waals surface area (Å²) in [6.45, 7) is 4.10. The van der Waals surface area contributed by atoms with E-state index in [9.17, 15) is 4.79 Å². The Bertz CT molecular complexity index is 739. The van der Waals surface area contributed by atoms with E-state index < -0.39 is 6.09 Å². The van der Waals surface area contributed by atoms with E-state index in [2.05, 4.69) is 5.32 Å². The Hall–Kier alpha value is -2.11. The van der Waals surface area contributed by atoms with Crippen LogP contribution in [0.1, 0.15) is 25.3 Å². The van der Waals surface area contributed by atoms with Crippen LogP contribution in [0.4, 0.5) is 10.5 Å². The van der Waals surface area contributed by atoms with E-state index in [0.29, 0.717) is 5.75 Å². The highest BCUT2D eigenvalue weighted by Gasteiger charge is 2.14. The molecule has 1 amide bonds. The predicted octanol–water partition coefficient (Wildman–Crippen LogP) is 6.01. The molecule has 2 rings (SSSR count). The van der Waals surface area contributed by atoms with E-state index in [1.165, 1.54) is 12.1 Å². The quantitative estimate of drug-likeness (QED) is 0.677. The number of amides is 1. The number of benzene rings is 2. The summed E-state index contributed by atoms with van der Waals surface area (Å²) in [5.41, 5.74) is 1.26. The van der Waals surface area contributed by atoms with Gasteiger partial charge in [-0.3, -0.25) is 5.32 Å². The Labute approximate surface area is 150 Å². The van der Waals surface area contributed by atoms with Crippen molar-refractivity contribution in [2.24, 2.45) is 0 Å². The van der Waals surface area contributed by atoms with Gasteiger partial charge >= 0.3 is 6.09 Å². The minimum atomic E-state index is -1.20. The van der Waals surface area contributed by atoms with Crippen LogP contribution < -0.4 is 14.8 Å². The number of carboxylic acid groups (broad SMARTS) is 1. The van der Waals surface area contributed by atoms with Gasteiger partial charge in [-0.1, -0.05) is 37.0 Å². The molecule has 0 saturated heterocycles. The number of halogens is 2. The molecule has 0 aliphatic heterocycles. The van der Waals surface area contributed by atoms with Crippen LogP contribution in [-0.2, 0) is 0 Å². The van der Waals surface area contributed by atoms with Crippen LogP contribution in [0.5, 0.6) is 17.2 Å². The second-order valence-corrected chi connectivity index (χ2v) is 6.17. The van der Waals surface area contributed by atoms with E-state index in [1.807, 2.05) is 26.0 Å². The maximum Gasteiger partial charge on any atom is 0.409 e. The average Bonchev–Trinajstić information content (AvgIpc) is 2.50. The second-order valence-electron chi connectivity index (χ2n) is 5.36. The van der Waals surface area contributed by atoms with Crippen molar-refractivity contribution in [1.29, 1.82) is 0 Å².